The highest BCUT2D eigenvalue weighted by molar-refractivity contribution is 6.31. The topological polar surface area (TPSA) is 47.4 Å². The molecular weight excluding hydrogens is 410 g/mol. The molecule has 0 bridgehead atoms. The molecule has 0 aliphatic carbocycles. The predicted molar refractivity (Wildman–Crippen MR) is 125 cm³/mol. The van der Waals surface area contributed by atoms with Crippen LogP contribution >= 0.6 is 11.6 Å². The summed E-state index contributed by atoms with van der Waals surface area (Å²) in [6.07, 6.45) is 3.55. The molecule has 2 heterocycles. The number of unbranched alkanes of at least 4 members (excludes halogenated alkanes) is 1. The van der Waals surface area contributed by atoms with Gasteiger partial charge in [0.25, 0.3) is 0 Å². The zero-order valence-electron chi connectivity index (χ0n) is 18.3. The summed E-state index contributed by atoms with van der Waals surface area (Å²) < 4.78 is 8.23. The minimum absolute atomic E-state index is 0.150. The van der Waals surface area contributed by atoms with E-state index in [9.17, 15) is 4.79 Å². The van der Waals surface area contributed by atoms with Crippen molar-refractivity contribution in [2.45, 2.75) is 52.0 Å². The molecule has 1 fully saturated rings. The van der Waals surface area contributed by atoms with Gasteiger partial charge in [-0.2, -0.15) is 0 Å². The van der Waals surface area contributed by atoms with E-state index >= 15 is 0 Å². The molecule has 1 saturated heterocycles. The lowest BCUT2D eigenvalue weighted by molar-refractivity contribution is -0.127. The van der Waals surface area contributed by atoms with Crippen LogP contribution in [0.15, 0.2) is 42.5 Å². The number of rotatable bonds is 9. The fourth-order valence-electron chi connectivity index (χ4n) is 4.27. The molecule has 5 nitrogen and oxygen atoms in total. The van der Waals surface area contributed by atoms with Gasteiger partial charge in [0.05, 0.1) is 17.6 Å². The van der Waals surface area contributed by atoms with E-state index in [0.717, 1.165) is 72.1 Å². The Morgan fingerprint density at radius 1 is 1.16 bits per heavy atom. The van der Waals surface area contributed by atoms with Crippen molar-refractivity contribution >= 4 is 28.5 Å². The molecule has 0 spiro atoms. The van der Waals surface area contributed by atoms with Gasteiger partial charge in [0.15, 0.2) is 0 Å². The van der Waals surface area contributed by atoms with E-state index in [2.05, 4.69) is 17.6 Å². The Morgan fingerprint density at radius 3 is 2.81 bits per heavy atom. The van der Waals surface area contributed by atoms with E-state index in [0.29, 0.717) is 13.0 Å². The molecule has 1 unspecified atom stereocenters. The largest absolute Gasteiger partial charge is 0.494 e. The lowest BCUT2D eigenvalue weighted by atomic mass is 10.1. The number of ether oxygens (including phenoxy) is 1. The third kappa shape index (κ3) is 4.87. The van der Waals surface area contributed by atoms with Crippen LogP contribution in [0.25, 0.3) is 11.0 Å². The van der Waals surface area contributed by atoms with Gasteiger partial charge < -0.3 is 14.2 Å². The highest BCUT2D eigenvalue weighted by atomic mass is 35.5. The molecule has 164 valence electrons. The monoisotopic (exact) mass is 439 g/mol. The maximum absolute atomic E-state index is 12.5. The summed E-state index contributed by atoms with van der Waals surface area (Å²) in [5.41, 5.74) is 3.13. The van der Waals surface area contributed by atoms with Crippen molar-refractivity contribution < 1.29 is 9.53 Å². The Labute approximate surface area is 189 Å². The molecule has 0 radical (unpaired) electrons. The Kier molecular flexibility index (Phi) is 6.81. The quantitative estimate of drug-likeness (QED) is 0.408. The number of fused-ring (bicyclic) bond motifs is 1. The van der Waals surface area contributed by atoms with Gasteiger partial charge in [-0.1, -0.05) is 37.1 Å². The van der Waals surface area contributed by atoms with E-state index < -0.39 is 0 Å². The second-order valence-corrected chi connectivity index (χ2v) is 8.72. The molecule has 3 aromatic rings. The van der Waals surface area contributed by atoms with Gasteiger partial charge in [-0.25, -0.2) is 4.98 Å². The lowest BCUT2D eigenvalue weighted by Crippen LogP contribution is -2.26. The number of imidazole rings is 1. The smallest absolute Gasteiger partial charge is 0.223 e. The zero-order valence-corrected chi connectivity index (χ0v) is 19.1. The maximum Gasteiger partial charge on any atom is 0.223 e. The van der Waals surface area contributed by atoms with Gasteiger partial charge >= 0.3 is 0 Å². The van der Waals surface area contributed by atoms with Gasteiger partial charge in [0, 0.05) is 37.0 Å². The maximum atomic E-state index is 12.5. The fourth-order valence-corrected chi connectivity index (χ4v) is 4.39. The van der Waals surface area contributed by atoms with Crippen molar-refractivity contribution in [2.75, 3.05) is 19.7 Å². The Balaban J connectivity index is 1.46. The average molecular weight is 440 g/mol. The van der Waals surface area contributed by atoms with Crippen LogP contribution in [0.5, 0.6) is 5.75 Å². The molecular formula is C25H30ClN3O2. The van der Waals surface area contributed by atoms with Crippen LogP contribution in [-0.4, -0.2) is 40.1 Å². The highest BCUT2D eigenvalue weighted by Gasteiger charge is 2.33. The first-order chi connectivity index (χ1) is 15.1. The van der Waals surface area contributed by atoms with Gasteiger partial charge in [-0.05, 0) is 55.7 Å². The number of amides is 1. The summed E-state index contributed by atoms with van der Waals surface area (Å²) in [5, 5.41) is 0.751. The van der Waals surface area contributed by atoms with Crippen molar-refractivity contribution in [3.63, 3.8) is 0 Å². The third-order valence-electron chi connectivity index (χ3n) is 5.97. The van der Waals surface area contributed by atoms with E-state index in [1.54, 1.807) is 0 Å². The van der Waals surface area contributed by atoms with Crippen LogP contribution in [0.3, 0.4) is 0 Å². The molecule has 1 atom stereocenters. The Hall–Kier alpha value is -2.53. The van der Waals surface area contributed by atoms with Gasteiger partial charge in [0.2, 0.25) is 5.91 Å². The molecule has 1 amide bonds. The Bertz CT molecular complexity index is 1060. The van der Waals surface area contributed by atoms with Crippen LogP contribution in [-0.2, 0) is 11.3 Å². The number of hydrogen-bond donors (Lipinski definition) is 0. The molecule has 31 heavy (non-hydrogen) atoms. The number of halogens is 1. The summed E-state index contributed by atoms with van der Waals surface area (Å²) in [5.74, 6) is 2.26. The van der Waals surface area contributed by atoms with E-state index in [1.165, 1.54) is 0 Å². The minimum Gasteiger partial charge on any atom is -0.494 e. The number of carbonyl (C=O) groups excluding carboxylic acids is 1. The molecule has 1 aliphatic heterocycles. The first-order valence-electron chi connectivity index (χ1n) is 11.2. The summed E-state index contributed by atoms with van der Waals surface area (Å²) in [7, 11) is 0. The summed E-state index contributed by atoms with van der Waals surface area (Å²) >= 11 is 6.10. The standard InChI is InChI=1S/C25H30ClN3O2/c1-3-4-12-28-17-19(16-24(28)30)25-27-22-8-5-6-9-23(22)29(25)13-7-14-31-20-10-11-21(26)18(2)15-20/h5-6,8-11,15,19H,3-4,7,12-14,16-17H2,1-2H3. The molecule has 0 saturated carbocycles. The van der Waals surface area contributed by atoms with Gasteiger partial charge in [0.1, 0.15) is 11.6 Å². The molecule has 4 rings (SSSR count). The fraction of sp³-hybridized carbons (Fsp3) is 0.440. The lowest BCUT2D eigenvalue weighted by Gasteiger charge is -2.17. The number of benzene rings is 2. The average Bonchev–Trinajstić information content (AvgIpc) is 3.32. The van der Waals surface area contributed by atoms with Crippen LogP contribution in [0.1, 0.15) is 49.9 Å². The molecule has 6 heteroatoms. The number of nitrogens with zero attached hydrogens (tertiary/aromatic N) is 3. The van der Waals surface area contributed by atoms with Crippen molar-refractivity contribution in [2.24, 2.45) is 0 Å². The predicted octanol–water partition coefficient (Wildman–Crippen LogP) is 5.58. The normalized spacial score (nSPS) is 16.4. The van der Waals surface area contributed by atoms with E-state index in [-0.39, 0.29) is 11.8 Å². The SMILES string of the molecule is CCCCN1CC(c2nc3ccccc3n2CCCOc2ccc(Cl)c(C)c2)CC1=O. The highest BCUT2D eigenvalue weighted by Crippen LogP contribution is 2.31. The van der Waals surface area contributed by atoms with Gasteiger partial charge in [-0.3, -0.25) is 4.79 Å². The molecule has 0 N–H and O–H groups in total. The van der Waals surface area contributed by atoms with Crippen LogP contribution in [0.4, 0.5) is 0 Å². The number of carbonyl (C=O) groups is 1. The molecule has 1 aromatic heterocycles. The number of likely N-dealkylation sites (tertiary alicyclic amines) is 1. The summed E-state index contributed by atoms with van der Waals surface area (Å²) in [4.78, 5) is 19.5. The summed E-state index contributed by atoms with van der Waals surface area (Å²) in [6, 6.07) is 14.0. The second-order valence-electron chi connectivity index (χ2n) is 8.32. The van der Waals surface area contributed by atoms with E-state index in [4.69, 9.17) is 21.3 Å². The number of aryl methyl sites for hydroxylation is 2. The van der Waals surface area contributed by atoms with Crippen molar-refractivity contribution in [3.8, 4) is 5.75 Å². The third-order valence-corrected chi connectivity index (χ3v) is 6.39. The number of aromatic nitrogens is 2. The Morgan fingerprint density at radius 2 is 2.00 bits per heavy atom. The molecule has 1 aliphatic rings. The van der Waals surface area contributed by atoms with Gasteiger partial charge in [-0.15, -0.1) is 0 Å². The van der Waals surface area contributed by atoms with Crippen molar-refractivity contribution in [3.05, 3.63) is 58.9 Å². The molecule has 2 aromatic carbocycles. The first kappa shape index (κ1) is 21.7. The number of hydrogen-bond acceptors (Lipinski definition) is 3. The van der Waals surface area contributed by atoms with Crippen molar-refractivity contribution in [1.82, 2.24) is 14.5 Å². The van der Waals surface area contributed by atoms with E-state index in [1.807, 2.05) is 48.2 Å². The summed E-state index contributed by atoms with van der Waals surface area (Å²) in [6.45, 7) is 7.17. The second kappa shape index (κ2) is 9.73. The van der Waals surface area contributed by atoms with Crippen LogP contribution < -0.4 is 4.74 Å². The first-order valence-corrected chi connectivity index (χ1v) is 11.6. The van der Waals surface area contributed by atoms with Crippen LogP contribution in [0, 0.1) is 6.92 Å². The number of para-hydroxylation sites is 2. The van der Waals surface area contributed by atoms with Crippen LogP contribution in [0.2, 0.25) is 5.02 Å². The minimum atomic E-state index is 0.150. The zero-order chi connectivity index (χ0) is 21.8. The van der Waals surface area contributed by atoms with Crippen molar-refractivity contribution in [1.29, 1.82) is 0 Å².